The maximum atomic E-state index is 9.98. The van der Waals surface area contributed by atoms with Gasteiger partial charge in [0, 0.05) is 16.7 Å². The highest BCUT2D eigenvalue weighted by Crippen LogP contribution is 2.16. The third-order valence-electron chi connectivity index (χ3n) is 3.88. The summed E-state index contributed by atoms with van der Waals surface area (Å²) in [6.45, 7) is 12.2. The van der Waals surface area contributed by atoms with Gasteiger partial charge in [0.25, 0.3) is 0 Å². The standard InChI is InChI=1S/C9H6N2O2.C5H12O4.3C4H6O2/c12-6-10-9(11-7-13)8-4-2-1-3-5-8;6-1-5(2-7,3-8)4-9;3*1-3(2)4(5)6/h1-5,9H;6-9H,1-4H2;3*1H2,2H3,(H,5,6). The largest absolute Gasteiger partial charge is 0.478 e. The number of benzene rings is 1. The smallest absolute Gasteiger partial charge is 0.330 e. The first kappa shape index (κ1) is 42.5. The monoisotopic (exact) mass is 568 g/mol. The summed E-state index contributed by atoms with van der Waals surface area (Å²) in [6, 6.07) is 8.78. The van der Waals surface area contributed by atoms with Crippen molar-refractivity contribution in [3.05, 3.63) is 72.4 Å². The van der Waals surface area contributed by atoms with Crippen molar-refractivity contribution in [2.75, 3.05) is 26.4 Å². The predicted octanol–water partition coefficient (Wildman–Crippen LogP) is 1.24. The van der Waals surface area contributed by atoms with Gasteiger partial charge in [-0.3, -0.25) is 0 Å². The molecular formula is C26H36N2O12. The minimum atomic E-state index is -1.11. The van der Waals surface area contributed by atoms with Crippen molar-refractivity contribution in [1.82, 2.24) is 0 Å². The van der Waals surface area contributed by atoms with Crippen LogP contribution in [0.4, 0.5) is 0 Å². The summed E-state index contributed by atoms with van der Waals surface area (Å²) in [7, 11) is 0. The fraction of sp³-hybridized carbons (Fsp3) is 0.346. The summed E-state index contributed by atoms with van der Waals surface area (Å²) >= 11 is 0. The Morgan fingerprint density at radius 2 is 0.950 bits per heavy atom. The number of carboxylic acids is 3. The van der Waals surface area contributed by atoms with E-state index in [0.29, 0.717) is 5.56 Å². The summed E-state index contributed by atoms with van der Waals surface area (Å²) in [4.78, 5) is 55.5. The second kappa shape index (κ2) is 26.1. The van der Waals surface area contributed by atoms with E-state index < -0.39 is 55.9 Å². The molecule has 0 aliphatic heterocycles. The average Bonchev–Trinajstić information content (AvgIpc) is 2.92. The molecule has 0 atom stereocenters. The average molecular weight is 569 g/mol. The van der Waals surface area contributed by atoms with E-state index in [2.05, 4.69) is 29.7 Å². The Hall–Kier alpha value is -4.55. The lowest BCUT2D eigenvalue weighted by Crippen LogP contribution is -2.37. The highest BCUT2D eigenvalue weighted by Gasteiger charge is 2.26. The molecule has 0 saturated carbocycles. The molecule has 0 amide bonds. The van der Waals surface area contributed by atoms with Crippen LogP contribution in [-0.4, -0.2) is 92.2 Å². The minimum Gasteiger partial charge on any atom is -0.478 e. The van der Waals surface area contributed by atoms with Crippen LogP contribution >= 0.6 is 0 Å². The zero-order valence-corrected chi connectivity index (χ0v) is 22.5. The first-order valence-corrected chi connectivity index (χ1v) is 10.8. The van der Waals surface area contributed by atoms with E-state index in [-0.39, 0.29) is 16.7 Å². The first-order chi connectivity index (χ1) is 18.6. The fourth-order valence-corrected chi connectivity index (χ4v) is 1.20. The molecule has 0 fully saturated rings. The fourth-order valence-electron chi connectivity index (χ4n) is 1.20. The highest BCUT2D eigenvalue weighted by molar-refractivity contribution is 5.85. The molecule has 0 unspecified atom stereocenters. The third-order valence-corrected chi connectivity index (χ3v) is 3.88. The van der Waals surface area contributed by atoms with Crippen LogP contribution in [0.25, 0.3) is 0 Å². The molecule has 1 rings (SSSR count). The van der Waals surface area contributed by atoms with E-state index in [1.54, 1.807) is 24.3 Å². The second-order valence-electron chi connectivity index (χ2n) is 7.61. The van der Waals surface area contributed by atoms with Gasteiger partial charge in [0.1, 0.15) is 0 Å². The normalized spacial score (nSPS) is 9.57. The second-order valence-corrected chi connectivity index (χ2v) is 7.61. The lowest BCUT2D eigenvalue weighted by molar-refractivity contribution is -0.133. The van der Waals surface area contributed by atoms with Crippen LogP contribution in [0, 0.1) is 5.41 Å². The van der Waals surface area contributed by atoms with Crippen molar-refractivity contribution in [2.24, 2.45) is 15.4 Å². The van der Waals surface area contributed by atoms with Crippen LogP contribution in [-0.2, 0) is 24.0 Å². The molecule has 14 nitrogen and oxygen atoms in total. The predicted molar refractivity (Wildman–Crippen MR) is 144 cm³/mol. The Labute approximate surface area is 231 Å². The Balaban J connectivity index is -0.000000213. The first-order valence-electron chi connectivity index (χ1n) is 10.8. The van der Waals surface area contributed by atoms with Crippen LogP contribution in [0.1, 0.15) is 32.5 Å². The van der Waals surface area contributed by atoms with Crippen molar-refractivity contribution in [3.63, 3.8) is 0 Å². The van der Waals surface area contributed by atoms with Crippen LogP contribution < -0.4 is 0 Å². The van der Waals surface area contributed by atoms with Gasteiger partial charge >= 0.3 is 17.9 Å². The Morgan fingerprint density at radius 1 is 0.700 bits per heavy atom. The van der Waals surface area contributed by atoms with Crippen molar-refractivity contribution < 1.29 is 59.7 Å². The molecule has 0 bridgehead atoms. The van der Waals surface area contributed by atoms with Gasteiger partial charge in [0.2, 0.25) is 12.2 Å². The molecule has 222 valence electrons. The number of carbonyl (C=O) groups excluding carboxylic acids is 2. The molecule has 0 aliphatic rings. The van der Waals surface area contributed by atoms with E-state index in [9.17, 15) is 24.0 Å². The molecule has 1 aromatic rings. The molecule has 0 aromatic heterocycles. The maximum Gasteiger partial charge on any atom is 0.330 e. The van der Waals surface area contributed by atoms with E-state index in [1.165, 1.54) is 32.9 Å². The highest BCUT2D eigenvalue weighted by atomic mass is 16.4. The number of aliphatic hydroxyl groups excluding tert-OH is 4. The van der Waals surface area contributed by atoms with E-state index in [0.717, 1.165) is 0 Å². The van der Waals surface area contributed by atoms with Crippen LogP contribution in [0.5, 0.6) is 0 Å². The molecule has 0 radical (unpaired) electrons. The number of carbonyl (C=O) groups is 3. The van der Waals surface area contributed by atoms with E-state index in [4.69, 9.17) is 35.7 Å². The summed E-state index contributed by atoms with van der Waals surface area (Å²) in [5.41, 5.74) is 0.0780. The van der Waals surface area contributed by atoms with Crippen LogP contribution in [0.3, 0.4) is 0 Å². The minimum absolute atomic E-state index is 0.176. The number of hydrogen-bond acceptors (Lipinski definition) is 11. The molecule has 14 heteroatoms. The lowest BCUT2D eigenvalue weighted by Gasteiger charge is -2.23. The summed E-state index contributed by atoms with van der Waals surface area (Å²) < 4.78 is 0. The zero-order valence-electron chi connectivity index (χ0n) is 22.5. The van der Waals surface area contributed by atoms with Gasteiger partial charge in [0.15, 0.2) is 6.17 Å². The van der Waals surface area contributed by atoms with Gasteiger partial charge in [0.05, 0.1) is 31.8 Å². The van der Waals surface area contributed by atoms with Gasteiger partial charge in [-0.15, -0.1) is 0 Å². The number of aliphatic hydroxyl groups is 4. The van der Waals surface area contributed by atoms with E-state index in [1.807, 2.05) is 6.07 Å². The summed E-state index contributed by atoms with van der Waals surface area (Å²) in [5.74, 6) is -2.81. The molecule has 0 heterocycles. The molecule has 40 heavy (non-hydrogen) atoms. The van der Waals surface area contributed by atoms with Gasteiger partial charge in [-0.25, -0.2) is 24.0 Å². The Morgan fingerprint density at radius 3 is 1.10 bits per heavy atom. The Bertz CT molecular complexity index is 908. The van der Waals surface area contributed by atoms with Gasteiger partial charge in [-0.1, -0.05) is 50.1 Å². The molecule has 0 saturated heterocycles. The van der Waals surface area contributed by atoms with Gasteiger partial charge in [-0.05, 0) is 26.3 Å². The number of rotatable bonds is 10. The number of isocyanates is 2. The lowest BCUT2D eigenvalue weighted by atomic mass is 9.93. The van der Waals surface area contributed by atoms with Gasteiger partial charge in [-0.2, -0.15) is 9.98 Å². The van der Waals surface area contributed by atoms with Crippen molar-refractivity contribution in [1.29, 1.82) is 0 Å². The van der Waals surface area contributed by atoms with Crippen molar-refractivity contribution in [3.8, 4) is 0 Å². The van der Waals surface area contributed by atoms with Crippen molar-refractivity contribution in [2.45, 2.75) is 26.9 Å². The number of aliphatic imine (C=N–C) groups is 2. The maximum absolute atomic E-state index is 9.98. The zero-order chi connectivity index (χ0) is 32.3. The number of aliphatic carboxylic acids is 3. The Kier molecular flexibility index (Phi) is 27.7. The van der Waals surface area contributed by atoms with Crippen molar-refractivity contribution >= 4 is 30.1 Å². The number of nitrogens with zero attached hydrogens (tertiary/aromatic N) is 2. The molecule has 1 aromatic carbocycles. The summed E-state index contributed by atoms with van der Waals surface area (Å²) in [6.07, 6.45) is 1.90. The van der Waals surface area contributed by atoms with Crippen LogP contribution in [0.15, 0.2) is 76.8 Å². The molecule has 7 N–H and O–H groups in total. The topological polar surface area (TPSA) is 252 Å². The number of hydrogen-bond donors (Lipinski definition) is 7. The quantitative estimate of drug-likeness (QED) is 0.120. The SMILES string of the molecule is C=C(C)C(=O)O.C=C(C)C(=O)O.C=C(C)C(=O)O.O=C=NC(N=C=O)c1ccccc1.OCC(CO)(CO)CO. The third kappa shape index (κ3) is 25.1. The molecule has 0 spiro atoms. The van der Waals surface area contributed by atoms with Crippen LogP contribution in [0.2, 0.25) is 0 Å². The molecular weight excluding hydrogens is 532 g/mol. The summed E-state index contributed by atoms with van der Waals surface area (Å²) in [5, 5.41) is 57.7. The molecule has 0 aliphatic carbocycles. The number of carboxylic acid groups (broad SMARTS) is 3. The van der Waals surface area contributed by atoms with E-state index >= 15 is 0 Å². The van der Waals surface area contributed by atoms with Gasteiger partial charge < -0.3 is 35.7 Å².